The van der Waals surface area contributed by atoms with E-state index in [1.165, 1.54) is 19.1 Å². The van der Waals surface area contributed by atoms with E-state index in [-0.39, 0.29) is 11.3 Å². The van der Waals surface area contributed by atoms with Gasteiger partial charge in [-0.1, -0.05) is 18.2 Å². The first kappa shape index (κ1) is 26.8. The van der Waals surface area contributed by atoms with Crippen molar-refractivity contribution >= 4 is 13.7 Å². The Labute approximate surface area is 200 Å². The molecule has 1 fully saturated rings. The van der Waals surface area contributed by atoms with E-state index in [9.17, 15) is 29.2 Å². The number of carbonyl (C=O) groups is 1. The second kappa shape index (κ2) is 11.3. The molecule has 5 N–H and O–H groups in total. The summed E-state index contributed by atoms with van der Waals surface area (Å²) in [6.45, 7) is 4.20. The minimum Gasteiger partial charge on any atom is -0.462 e. The van der Waals surface area contributed by atoms with Crippen LogP contribution in [-0.2, 0) is 23.4 Å². The molecule has 1 saturated heterocycles. The Balaban J connectivity index is 1.75. The number of nitrogens with one attached hydrogen (secondary N) is 3. The summed E-state index contributed by atoms with van der Waals surface area (Å²) in [4.78, 5) is 39.8. The number of hydrogen-bond donors (Lipinski definition) is 5. The Hall–Kier alpha value is -2.80. The first-order valence-electron chi connectivity index (χ1n) is 10.8. The van der Waals surface area contributed by atoms with Gasteiger partial charge in [-0.3, -0.25) is 19.1 Å². The smallest absolute Gasteiger partial charge is 0.459 e. The highest BCUT2D eigenvalue weighted by Crippen LogP contribution is 2.46. The van der Waals surface area contributed by atoms with Crippen molar-refractivity contribution in [3.63, 3.8) is 0 Å². The number of hydrogen-bond acceptors (Lipinski definition) is 10. The maximum absolute atomic E-state index is 13.5. The predicted octanol–water partition coefficient (Wildman–Crippen LogP) is 0.358. The number of para-hydroxylation sites is 1. The van der Waals surface area contributed by atoms with Crippen LogP contribution in [-0.4, -0.2) is 63.2 Å². The minimum atomic E-state index is -4.24. The van der Waals surface area contributed by atoms with Crippen molar-refractivity contribution in [1.29, 1.82) is 0 Å². The average molecular weight is 513 g/mol. The zero-order chi connectivity index (χ0) is 25.8. The Morgan fingerprint density at radius 1 is 1.17 bits per heavy atom. The average Bonchev–Trinajstić information content (AvgIpc) is 3.06. The standard InChI is InChI=1S/C21H28N3O10P/c1-11(2)32-20(28)12(3)24-35(30,34-13-7-5-4-6-8-13)31-10-15-16(25)17(26)18(33-15)14-9-22-21(29)23-19(14)27/h4-9,11-12,15-18,25-26H,10H2,1-3H3,(H,24,30)(H2,22,23,27,29)/t12-,15?,16+,17+,18?,35-/m0/s1. The van der Waals surface area contributed by atoms with E-state index in [4.69, 9.17) is 18.5 Å². The highest BCUT2D eigenvalue weighted by molar-refractivity contribution is 7.52. The molecule has 14 heteroatoms. The molecule has 2 unspecified atom stereocenters. The van der Waals surface area contributed by atoms with E-state index in [2.05, 4.69) is 10.1 Å². The van der Waals surface area contributed by atoms with Crippen LogP contribution < -0.4 is 20.9 Å². The SMILES string of the molecule is CC(C)OC(=O)[C@H](C)N[P@](=O)(OCC1OC(c2c[nH]c(=O)[nH]c2=O)[C@H](O)[C@@H]1O)Oc1ccccc1. The number of aliphatic hydroxyl groups is 2. The van der Waals surface area contributed by atoms with Crippen LogP contribution in [0.4, 0.5) is 0 Å². The number of benzene rings is 1. The lowest BCUT2D eigenvalue weighted by atomic mass is 10.0. The van der Waals surface area contributed by atoms with E-state index in [0.717, 1.165) is 6.20 Å². The van der Waals surface area contributed by atoms with Crippen molar-refractivity contribution < 1.29 is 38.1 Å². The van der Waals surface area contributed by atoms with E-state index >= 15 is 0 Å². The molecule has 0 bridgehead atoms. The number of rotatable bonds is 10. The molecule has 0 amide bonds. The molecule has 3 rings (SSSR count). The molecule has 6 atom stereocenters. The quantitative estimate of drug-likeness (QED) is 0.218. The molecule has 0 saturated carbocycles. The van der Waals surface area contributed by atoms with E-state index in [1.807, 2.05) is 4.98 Å². The zero-order valence-electron chi connectivity index (χ0n) is 19.2. The van der Waals surface area contributed by atoms with Gasteiger partial charge in [0.2, 0.25) is 0 Å². The first-order chi connectivity index (χ1) is 16.5. The monoisotopic (exact) mass is 513 g/mol. The summed E-state index contributed by atoms with van der Waals surface area (Å²) in [5.41, 5.74) is -1.67. The lowest BCUT2D eigenvalue weighted by Crippen LogP contribution is -2.38. The van der Waals surface area contributed by atoms with Gasteiger partial charge in [0.05, 0.1) is 18.3 Å². The Kier molecular flexibility index (Phi) is 8.65. The third-order valence-corrected chi connectivity index (χ3v) is 6.60. The van der Waals surface area contributed by atoms with Crippen LogP contribution in [0.25, 0.3) is 0 Å². The van der Waals surface area contributed by atoms with Crippen LogP contribution in [0.1, 0.15) is 32.4 Å². The highest BCUT2D eigenvalue weighted by Gasteiger charge is 2.46. The largest absolute Gasteiger partial charge is 0.462 e. The van der Waals surface area contributed by atoms with Gasteiger partial charge in [0.25, 0.3) is 5.56 Å². The van der Waals surface area contributed by atoms with Crippen LogP contribution in [0.2, 0.25) is 0 Å². The van der Waals surface area contributed by atoms with E-state index in [1.54, 1.807) is 32.0 Å². The number of aromatic nitrogens is 2. The molecule has 0 spiro atoms. The van der Waals surface area contributed by atoms with Crippen LogP contribution >= 0.6 is 7.75 Å². The summed E-state index contributed by atoms with van der Waals surface area (Å²) in [5, 5.41) is 23.3. The second-order valence-electron chi connectivity index (χ2n) is 8.14. The zero-order valence-corrected chi connectivity index (χ0v) is 20.1. The number of carbonyl (C=O) groups excluding carboxylic acids is 1. The lowest BCUT2D eigenvalue weighted by molar-refractivity contribution is -0.149. The lowest BCUT2D eigenvalue weighted by Gasteiger charge is -2.25. The van der Waals surface area contributed by atoms with Crippen LogP contribution in [0.15, 0.2) is 46.1 Å². The number of aliphatic hydroxyl groups excluding tert-OH is 2. The van der Waals surface area contributed by atoms with E-state index in [0.29, 0.717) is 0 Å². The number of H-pyrrole nitrogens is 2. The number of ether oxygens (including phenoxy) is 2. The molecular weight excluding hydrogens is 485 g/mol. The van der Waals surface area contributed by atoms with Gasteiger partial charge < -0.3 is 29.2 Å². The van der Waals surface area contributed by atoms with Gasteiger partial charge in [-0.2, -0.15) is 5.09 Å². The maximum atomic E-state index is 13.5. The molecular formula is C21H28N3O10P. The van der Waals surface area contributed by atoms with Gasteiger partial charge in [0.15, 0.2) is 0 Å². The summed E-state index contributed by atoms with van der Waals surface area (Å²) in [7, 11) is -4.24. The fourth-order valence-electron chi connectivity index (χ4n) is 3.28. The van der Waals surface area contributed by atoms with Crippen LogP contribution in [0.5, 0.6) is 5.75 Å². The Morgan fingerprint density at radius 2 is 1.86 bits per heavy atom. The summed E-state index contributed by atoms with van der Waals surface area (Å²) in [5.74, 6) is -0.510. The van der Waals surface area contributed by atoms with Gasteiger partial charge in [0, 0.05) is 6.20 Å². The van der Waals surface area contributed by atoms with Crippen molar-refractivity contribution in [2.75, 3.05) is 6.61 Å². The molecule has 2 heterocycles. The fourth-order valence-corrected chi connectivity index (χ4v) is 4.78. The Bertz CT molecular complexity index is 1170. The van der Waals surface area contributed by atoms with Crippen molar-refractivity contribution in [2.45, 2.75) is 57.3 Å². The third-order valence-electron chi connectivity index (χ3n) is 4.95. The molecule has 1 aliphatic rings. The molecule has 35 heavy (non-hydrogen) atoms. The summed E-state index contributed by atoms with van der Waals surface area (Å²) >= 11 is 0. The summed E-state index contributed by atoms with van der Waals surface area (Å²) in [6.07, 6.45) is -4.93. The van der Waals surface area contributed by atoms with Gasteiger partial charge in [0.1, 0.15) is 36.2 Å². The molecule has 1 aliphatic heterocycles. The van der Waals surface area contributed by atoms with Crippen LogP contribution in [0.3, 0.4) is 0 Å². The van der Waals surface area contributed by atoms with Gasteiger partial charge in [-0.05, 0) is 32.9 Å². The second-order valence-corrected chi connectivity index (χ2v) is 9.83. The topological polar surface area (TPSA) is 189 Å². The van der Waals surface area contributed by atoms with Crippen LogP contribution in [0, 0.1) is 0 Å². The summed E-state index contributed by atoms with van der Waals surface area (Å²) in [6, 6.07) is 6.97. The molecule has 0 radical (unpaired) electrons. The minimum absolute atomic E-state index is 0.120. The fraction of sp³-hybridized carbons (Fsp3) is 0.476. The van der Waals surface area contributed by atoms with Gasteiger partial charge >= 0.3 is 19.4 Å². The predicted molar refractivity (Wildman–Crippen MR) is 122 cm³/mol. The van der Waals surface area contributed by atoms with Crippen molar-refractivity contribution in [2.24, 2.45) is 0 Å². The number of esters is 1. The number of aromatic amines is 2. The molecule has 1 aromatic carbocycles. The van der Waals surface area contributed by atoms with Gasteiger partial charge in [-0.25, -0.2) is 9.36 Å². The summed E-state index contributed by atoms with van der Waals surface area (Å²) < 4.78 is 35.2. The highest BCUT2D eigenvalue weighted by atomic mass is 31.2. The molecule has 1 aromatic heterocycles. The molecule has 0 aliphatic carbocycles. The van der Waals surface area contributed by atoms with Crippen molar-refractivity contribution in [1.82, 2.24) is 15.1 Å². The van der Waals surface area contributed by atoms with Crippen molar-refractivity contribution in [3.8, 4) is 5.75 Å². The molecule has 192 valence electrons. The third kappa shape index (κ3) is 6.88. The van der Waals surface area contributed by atoms with Gasteiger partial charge in [-0.15, -0.1) is 0 Å². The molecule has 13 nitrogen and oxygen atoms in total. The normalized spacial score (nSPS) is 24.6. The van der Waals surface area contributed by atoms with Crippen molar-refractivity contribution in [3.05, 3.63) is 62.9 Å². The Morgan fingerprint density at radius 3 is 2.49 bits per heavy atom. The molecule has 2 aromatic rings. The maximum Gasteiger partial charge on any atom is 0.459 e. The first-order valence-corrected chi connectivity index (χ1v) is 12.3. The van der Waals surface area contributed by atoms with E-state index < -0.39 is 68.1 Å².